The lowest BCUT2D eigenvalue weighted by molar-refractivity contribution is 0.0970. The Balaban J connectivity index is 1.64. The number of hydrogen-bond donors (Lipinski definition) is 0. The molecule has 1 unspecified atom stereocenters. The third kappa shape index (κ3) is 4.17. The van der Waals surface area contributed by atoms with Crippen LogP contribution in [0.25, 0.3) is 11.0 Å². The molecule has 1 aliphatic rings. The summed E-state index contributed by atoms with van der Waals surface area (Å²) >= 11 is 0. The highest BCUT2D eigenvalue weighted by molar-refractivity contribution is 6.10. The molecule has 6 nitrogen and oxygen atoms in total. The topological polar surface area (TPSA) is 72.6 Å². The molecule has 2 aromatic carbocycles. The van der Waals surface area contributed by atoms with Gasteiger partial charge in [0, 0.05) is 6.20 Å². The number of ether oxygens (including phenoxy) is 1. The van der Waals surface area contributed by atoms with E-state index in [1.54, 1.807) is 17.2 Å². The Labute approximate surface area is 210 Å². The fourth-order valence-corrected chi connectivity index (χ4v) is 4.67. The Morgan fingerprint density at radius 1 is 0.972 bits per heavy atom. The van der Waals surface area contributed by atoms with E-state index in [0.29, 0.717) is 29.0 Å². The van der Waals surface area contributed by atoms with Crippen LogP contribution in [-0.2, 0) is 0 Å². The van der Waals surface area contributed by atoms with Gasteiger partial charge in [0.15, 0.2) is 5.43 Å². The van der Waals surface area contributed by atoms with Gasteiger partial charge in [0.1, 0.15) is 17.2 Å². The number of nitrogens with zero attached hydrogens (tertiary/aromatic N) is 2. The zero-order valence-corrected chi connectivity index (χ0v) is 21.1. The van der Waals surface area contributed by atoms with Gasteiger partial charge >= 0.3 is 0 Å². The van der Waals surface area contributed by atoms with Crippen LogP contribution in [0.4, 0.5) is 5.82 Å². The summed E-state index contributed by atoms with van der Waals surface area (Å²) in [6, 6.07) is 14.3. The number of aromatic nitrogens is 1. The van der Waals surface area contributed by atoms with Gasteiger partial charge in [-0.3, -0.25) is 14.5 Å². The van der Waals surface area contributed by atoms with E-state index < -0.39 is 6.04 Å². The molecule has 6 heteroatoms. The van der Waals surface area contributed by atoms with Crippen molar-refractivity contribution in [2.75, 3.05) is 11.5 Å². The summed E-state index contributed by atoms with van der Waals surface area (Å²) in [6.07, 6.45) is 4.98. The number of rotatable bonds is 7. The maximum absolute atomic E-state index is 13.8. The summed E-state index contributed by atoms with van der Waals surface area (Å²) in [5.41, 5.74) is 4.34. The normalized spacial score (nSPS) is 14.9. The van der Waals surface area contributed by atoms with Crippen LogP contribution in [0.15, 0.2) is 63.9 Å². The van der Waals surface area contributed by atoms with Crippen molar-refractivity contribution in [1.29, 1.82) is 0 Å². The van der Waals surface area contributed by atoms with Crippen molar-refractivity contribution in [1.82, 2.24) is 4.98 Å². The molecule has 0 fully saturated rings. The van der Waals surface area contributed by atoms with Gasteiger partial charge in [-0.1, -0.05) is 38.0 Å². The number of aryl methyl sites for hydroxylation is 3. The molecular weight excluding hydrogens is 452 g/mol. The molecule has 184 valence electrons. The quantitative estimate of drug-likeness (QED) is 0.284. The van der Waals surface area contributed by atoms with Gasteiger partial charge in [-0.25, -0.2) is 4.98 Å². The standard InChI is InChI=1S/C30H30N2O4/c1-5-6-7-14-35-22-11-9-21(10-12-22)27-26-28(33)23-15-19(3)20(4)16-24(23)36-29(26)30(34)32(27)25-13-8-18(2)17-31-25/h8-13,15-17,27H,5-7,14H2,1-4H3. The van der Waals surface area contributed by atoms with E-state index in [4.69, 9.17) is 9.15 Å². The minimum atomic E-state index is -0.654. The lowest BCUT2D eigenvalue weighted by atomic mass is 9.97. The highest BCUT2D eigenvalue weighted by atomic mass is 16.5. The van der Waals surface area contributed by atoms with Crippen molar-refractivity contribution in [2.45, 2.75) is 53.0 Å². The summed E-state index contributed by atoms with van der Waals surface area (Å²) < 4.78 is 12.0. The monoisotopic (exact) mass is 482 g/mol. The largest absolute Gasteiger partial charge is 0.494 e. The molecule has 5 rings (SSSR count). The van der Waals surface area contributed by atoms with Crippen LogP contribution in [0.2, 0.25) is 0 Å². The van der Waals surface area contributed by atoms with Crippen molar-refractivity contribution in [2.24, 2.45) is 0 Å². The summed E-state index contributed by atoms with van der Waals surface area (Å²) in [5.74, 6) is 0.931. The summed E-state index contributed by atoms with van der Waals surface area (Å²) in [7, 11) is 0. The average Bonchev–Trinajstić information content (AvgIpc) is 3.16. The molecule has 36 heavy (non-hydrogen) atoms. The van der Waals surface area contributed by atoms with Gasteiger partial charge in [-0.2, -0.15) is 0 Å². The van der Waals surface area contributed by atoms with Crippen molar-refractivity contribution < 1.29 is 13.9 Å². The van der Waals surface area contributed by atoms with Gasteiger partial charge in [-0.15, -0.1) is 0 Å². The second kappa shape index (κ2) is 9.61. The van der Waals surface area contributed by atoms with Crippen molar-refractivity contribution >= 4 is 22.7 Å². The third-order valence-electron chi connectivity index (χ3n) is 6.84. The summed E-state index contributed by atoms with van der Waals surface area (Å²) in [5, 5.41) is 0.476. The number of hydrogen-bond acceptors (Lipinski definition) is 5. The third-order valence-corrected chi connectivity index (χ3v) is 6.84. The van der Waals surface area contributed by atoms with Gasteiger partial charge in [-0.05, 0) is 79.8 Å². The van der Waals surface area contributed by atoms with E-state index in [9.17, 15) is 9.59 Å². The van der Waals surface area contributed by atoms with Crippen LogP contribution in [0.3, 0.4) is 0 Å². The molecular formula is C30H30N2O4. The van der Waals surface area contributed by atoms with E-state index in [1.807, 2.05) is 63.2 Å². The highest BCUT2D eigenvalue weighted by Crippen LogP contribution is 2.41. The van der Waals surface area contributed by atoms with E-state index in [0.717, 1.165) is 47.3 Å². The van der Waals surface area contributed by atoms with E-state index >= 15 is 0 Å². The van der Waals surface area contributed by atoms with Crippen LogP contribution in [-0.4, -0.2) is 17.5 Å². The Morgan fingerprint density at radius 3 is 2.42 bits per heavy atom. The second-order valence-electron chi connectivity index (χ2n) is 9.50. The number of pyridine rings is 1. The molecule has 0 spiro atoms. The molecule has 3 heterocycles. The van der Waals surface area contributed by atoms with Crippen molar-refractivity contribution in [3.63, 3.8) is 0 Å². The van der Waals surface area contributed by atoms with Gasteiger partial charge in [0.25, 0.3) is 5.91 Å². The fourth-order valence-electron chi connectivity index (χ4n) is 4.67. The number of unbranched alkanes of at least 4 members (excludes halogenated alkanes) is 2. The van der Waals surface area contributed by atoms with E-state index in [2.05, 4.69) is 11.9 Å². The van der Waals surface area contributed by atoms with Crippen LogP contribution >= 0.6 is 0 Å². The summed E-state index contributed by atoms with van der Waals surface area (Å²) in [6.45, 7) is 8.68. The number of fused-ring (bicyclic) bond motifs is 2. The molecule has 1 amide bonds. The van der Waals surface area contributed by atoms with Crippen LogP contribution < -0.4 is 15.1 Å². The molecule has 1 aliphatic heterocycles. The fraction of sp³-hybridized carbons (Fsp3) is 0.300. The molecule has 0 bridgehead atoms. The van der Waals surface area contributed by atoms with Crippen molar-refractivity contribution in [3.8, 4) is 5.75 Å². The Hall–Kier alpha value is -3.93. The predicted molar refractivity (Wildman–Crippen MR) is 141 cm³/mol. The van der Waals surface area contributed by atoms with Gasteiger partial charge in [0.05, 0.1) is 23.6 Å². The molecule has 0 saturated carbocycles. The Kier molecular flexibility index (Phi) is 6.35. The average molecular weight is 483 g/mol. The molecule has 2 aromatic heterocycles. The van der Waals surface area contributed by atoms with Crippen LogP contribution in [0, 0.1) is 20.8 Å². The van der Waals surface area contributed by atoms with E-state index in [-0.39, 0.29) is 17.1 Å². The number of anilines is 1. The molecule has 4 aromatic rings. The van der Waals surface area contributed by atoms with E-state index in [1.165, 1.54) is 0 Å². The smallest absolute Gasteiger partial charge is 0.296 e. The Bertz CT molecular complexity index is 1490. The zero-order chi connectivity index (χ0) is 25.4. The van der Waals surface area contributed by atoms with Gasteiger partial charge in [0.2, 0.25) is 5.76 Å². The predicted octanol–water partition coefficient (Wildman–Crippen LogP) is 6.43. The lowest BCUT2D eigenvalue weighted by Crippen LogP contribution is -2.30. The SMILES string of the molecule is CCCCCOc1ccc(C2c3c(oc4cc(C)c(C)cc4c3=O)C(=O)N2c2ccc(C)cn2)cc1. The highest BCUT2D eigenvalue weighted by Gasteiger charge is 2.44. The number of benzene rings is 2. The molecule has 0 aliphatic carbocycles. The van der Waals surface area contributed by atoms with Gasteiger partial charge < -0.3 is 9.15 Å². The first kappa shape index (κ1) is 23.8. The summed E-state index contributed by atoms with van der Waals surface area (Å²) in [4.78, 5) is 33.6. The number of amides is 1. The van der Waals surface area contributed by atoms with Crippen molar-refractivity contribution in [3.05, 3.63) is 98.5 Å². The first-order valence-corrected chi connectivity index (χ1v) is 12.5. The maximum Gasteiger partial charge on any atom is 0.296 e. The molecule has 0 radical (unpaired) electrons. The second-order valence-corrected chi connectivity index (χ2v) is 9.50. The minimum Gasteiger partial charge on any atom is -0.494 e. The lowest BCUT2D eigenvalue weighted by Gasteiger charge is -2.24. The Morgan fingerprint density at radius 2 is 1.72 bits per heavy atom. The number of carbonyl (C=O) groups excluding carboxylic acids is 1. The molecule has 0 saturated heterocycles. The molecule has 0 N–H and O–H groups in total. The molecule has 1 atom stereocenters. The minimum absolute atomic E-state index is 0.0722. The first-order chi connectivity index (χ1) is 17.4. The maximum atomic E-state index is 13.8. The van der Waals surface area contributed by atoms with Crippen LogP contribution in [0.5, 0.6) is 5.75 Å². The zero-order valence-electron chi connectivity index (χ0n) is 21.1. The first-order valence-electron chi connectivity index (χ1n) is 12.5. The van der Waals surface area contributed by atoms with Crippen LogP contribution in [0.1, 0.15) is 70.6 Å². The number of carbonyl (C=O) groups is 1.